The van der Waals surface area contributed by atoms with Crippen LogP contribution in [0.2, 0.25) is 0 Å². The highest BCUT2D eigenvalue weighted by atomic mass is 127. The van der Waals surface area contributed by atoms with Gasteiger partial charge in [-0.2, -0.15) is 11.8 Å². The van der Waals surface area contributed by atoms with E-state index in [1.165, 1.54) is 12.2 Å². The maximum absolute atomic E-state index is 11.8. The molecule has 16 heavy (non-hydrogen) atoms. The molecule has 0 saturated carbocycles. The molecular weight excluding hydrogens is 335 g/mol. The number of aromatic amines is 1. The summed E-state index contributed by atoms with van der Waals surface area (Å²) in [6.45, 7) is 4.16. The molecule has 2 rings (SSSR count). The summed E-state index contributed by atoms with van der Waals surface area (Å²) in [6, 6.07) is 0. The monoisotopic (exact) mass is 350 g/mol. The minimum atomic E-state index is 0.0156. The molecule has 0 aliphatic carbocycles. The zero-order chi connectivity index (χ0) is 11.7. The summed E-state index contributed by atoms with van der Waals surface area (Å²) in [4.78, 5) is 19.4. The lowest BCUT2D eigenvalue weighted by molar-refractivity contribution is 0.727. The zero-order valence-electron chi connectivity index (χ0n) is 9.42. The van der Waals surface area contributed by atoms with E-state index in [1.807, 2.05) is 11.8 Å². The van der Waals surface area contributed by atoms with E-state index in [2.05, 4.69) is 46.4 Å². The van der Waals surface area contributed by atoms with Crippen LogP contribution in [0.4, 0.5) is 0 Å². The molecule has 2 heterocycles. The second kappa shape index (κ2) is 5.08. The first-order valence-electron chi connectivity index (χ1n) is 5.50. The van der Waals surface area contributed by atoms with Crippen molar-refractivity contribution >= 4 is 34.4 Å². The fraction of sp³-hybridized carbons (Fsp3) is 0.636. The van der Waals surface area contributed by atoms with Crippen molar-refractivity contribution in [2.45, 2.75) is 37.9 Å². The summed E-state index contributed by atoms with van der Waals surface area (Å²) in [7, 11) is 0. The summed E-state index contributed by atoms with van der Waals surface area (Å²) in [5, 5.41) is 0.391. The van der Waals surface area contributed by atoms with Crippen LogP contribution >= 0.6 is 34.4 Å². The summed E-state index contributed by atoms with van der Waals surface area (Å²) in [6.07, 6.45) is 2.35. The molecule has 1 fully saturated rings. The fourth-order valence-corrected chi connectivity index (χ4v) is 3.92. The van der Waals surface area contributed by atoms with Gasteiger partial charge in [0, 0.05) is 0 Å². The average molecular weight is 350 g/mol. The molecule has 3 nitrogen and oxygen atoms in total. The van der Waals surface area contributed by atoms with E-state index in [9.17, 15) is 4.79 Å². The van der Waals surface area contributed by atoms with Crippen LogP contribution in [0.15, 0.2) is 4.79 Å². The quantitative estimate of drug-likeness (QED) is 0.834. The van der Waals surface area contributed by atoms with Crippen molar-refractivity contribution in [1.82, 2.24) is 9.97 Å². The maximum Gasteiger partial charge on any atom is 0.264 e. The Morgan fingerprint density at radius 1 is 1.56 bits per heavy atom. The Kier molecular flexibility index (Phi) is 3.94. The summed E-state index contributed by atoms with van der Waals surface area (Å²) in [5.74, 6) is 2.35. The molecule has 1 saturated heterocycles. The van der Waals surface area contributed by atoms with Crippen molar-refractivity contribution in [3.63, 3.8) is 0 Å². The topological polar surface area (TPSA) is 45.8 Å². The molecule has 0 aromatic carbocycles. The van der Waals surface area contributed by atoms with Crippen LogP contribution in [0.1, 0.15) is 49.4 Å². The van der Waals surface area contributed by atoms with Crippen molar-refractivity contribution in [1.29, 1.82) is 0 Å². The minimum absolute atomic E-state index is 0.0156. The van der Waals surface area contributed by atoms with Crippen LogP contribution in [0.5, 0.6) is 0 Å². The third-order valence-electron chi connectivity index (χ3n) is 2.69. The Morgan fingerprint density at radius 2 is 2.31 bits per heavy atom. The Balaban J connectivity index is 2.43. The Morgan fingerprint density at radius 3 is 2.88 bits per heavy atom. The van der Waals surface area contributed by atoms with Crippen LogP contribution in [-0.2, 0) is 0 Å². The van der Waals surface area contributed by atoms with Gasteiger partial charge in [0.1, 0.15) is 5.82 Å². The number of hydrogen-bond acceptors (Lipinski definition) is 3. The van der Waals surface area contributed by atoms with Gasteiger partial charge in [0.05, 0.1) is 14.5 Å². The third-order valence-corrected chi connectivity index (χ3v) is 5.12. The smallest absolute Gasteiger partial charge is 0.264 e. The van der Waals surface area contributed by atoms with E-state index in [4.69, 9.17) is 0 Å². The molecule has 1 aliphatic rings. The number of H-pyrrole nitrogens is 1. The van der Waals surface area contributed by atoms with E-state index in [1.54, 1.807) is 0 Å². The Labute approximate surface area is 113 Å². The Bertz CT molecular complexity index is 438. The van der Waals surface area contributed by atoms with E-state index < -0.39 is 0 Å². The fourth-order valence-electron chi connectivity index (χ4n) is 1.82. The van der Waals surface area contributed by atoms with Gasteiger partial charge >= 0.3 is 0 Å². The van der Waals surface area contributed by atoms with Gasteiger partial charge in [-0.1, -0.05) is 13.8 Å². The lowest BCUT2D eigenvalue weighted by atomic mass is 10.1. The number of halogens is 1. The van der Waals surface area contributed by atoms with Crippen LogP contribution in [-0.4, -0.2) is 15.7 Å². The maximum atomic E-state index is 11.8. The Hall–Kier alpha value is -0.0400. The third kappa shape index (κ3) is 2.45. The summed E-state index contributed by atoms with van der Waals surface area (Å²) >= 11 is 3.98. The van der Waals surface area contributed by atoms with E-state index in [0.717, 1.165) is 21.5 Å². The molecule has 0 spiro atoms. The standard InChI is InChI=1S/C11H15IN2OS/c1-6(2)9-8(12)11(15)14-10(13-9)7-4-3-5-16-7/h6-7H,3-5H2,1-2H3,(H,13,14,15). The molecule has 1 aromatic rings. The lowest BCUT2D eigenvalue weighted by Gasteiger charge is -2.12. The molecule has 1 atom stereocenters. The molecular formula is C11H15IN2OS. The number of rotatable bonds is 2. The van der Waals surface area contributed by atoms with E-state index in [0.29, 0.717) is 11.2 Å². The number of nitrogens with one attached hydrogen (secondary N) is 1. The minimum Gasteiger partial charge on any atom is -0.309 e. The predicted octanol–water partition coefficient (Wildman–Crippen LogP) is 3.07. The van der Waals surface area contributed by atoms with Gasteiger partial charge in [0.15, 0.2) is 0 Å². The lowest BCUT2D eigenvalue weighted by Crippen LogP contribution is -2.19. The predicted molar refractivity (Wildman–Crippen MR) is 76.1 cm³/mol. The average Bonchev–Trinajstić information content (AvgIpc) is 2.74. The van der Waals surface area contributed by atoms with Crippen molar-refractivity contribution in [3.05, 3.63) is 25.4 Å². The molecule has 0 radical (unpaired) electrons. The van der Waals surface area contributed by atoms with Gasteiger partial charge in [-0.05, 0) is 47.1 Å². The molecule has 88 valence electrons. The second-order valence-electron chi connectivity index (χ2n) is 4.31. The highest BCUT2D eigenvalue weighted by molar-refractivity contribution is 14.1. The number of hydrogen-bond donors (Lipinski definition) is 1. The van der Waals surface area contributed by atoms with Gasteiger partial charge in [0.25, 0.3) is 5.56 Å². The van der Waals surface area contributed by atoms with Crippen LogP contribution < -0.4 is 5.56 Å². The van der Waals surface area contributed by atoms with Crippen molar-refractivity contribution in [2.75, 3.05) is 5.75 Å². The normalized spacial score (nSPS) is 20.6. The largest absolute Gasteiger partial charge is 0.309 e. The van der Waals surface area contributed by atoms with E-state index in [-0.39, 0.29) is 5.56 Å². The second-order valence-corrected chi connectivity index (χ2v) is 6.70. The first-order chi connectivity index (χ1) is 7.59. The van der Waals surface area contributed by atoms with E-state index >= 15 is 0 Å². The molecule has 1 aliphatic heterocycles. The molecule has 1 aromatic heterocycles. The van der Waals surface area contributed by atoms with Crippen molar-refractivity contribution in [3.8, 4) is 0 Å². The summed E-state index contributed by atoms with van der Waals surface area (Å²) < 4.78 is 0.736. The number of aromatic nitrogens is 2. The van der Waals surface area contributed by atoms with Crippen molar-refractivity contribution < 1.29 is 0 Å². The first-order valence-corrected chi connectivity index (χ1v) is 7.63. The molecule has 1 unspecified atom stereocenters. The zero-order valence-corrected chi connectivity index (χ0v) is 12.4. The SMILES string of the molecule is CC(C)c1nc(C2CCCS2)[nH]c(=O)c1I. The molecule has 5 heteroatoms. The van der Waals surface area contributed by atoms with Gasteiger partial charge in [-0.15, -0.1) is 0 Å². The number of nitrogens with zero attached hydrogens (tertiary/aromatic N) is 1. The van der Waals surface area contributed by atoms with Crippen LogP contribution in [0, 0.1) is 3.57 Å². The molecule has 0 amide bonds. The van der Waals surface area contributed by atoms with Crippen LogP contribution in [0.25, 0.3) is 0 Å². The first kappa shape index (κ1) is 12.4. The number of thioether (sulfide) groups is 1. The van der Waals surface area contributed by atoms with Crippen molar-refractivity contribution in [2.24, 2.45) is 0 Å². The molecule has 0 bridgehead atoms. The van der Waals surface area contributed by atoms with Gasteiger partial charge < -0.3 is 4.98 Å². The highest BCUT2D eigenvalue weighted by Gasteiger charge is 2.22. The van der Waals surface area contributed by atoms with Gasteiger partial charge in [-0.3, -0.25) is 4.79 Å². The van der Waals surface area contributed by atoms with Crippen LogP contribution in [0.3, 0.4) is 0 Å². The highest BCUT2D eigenvalue weighted by Crippen LogP contribution is 2.38. The summed E-state index contributed by atoms with van der Waals surface area (Å²) in [5.41, 5.74) is 0.952. The molecule has 1 N–H and O–H groups in total. The van der Waals surface area contributed by atoms with Gasteiger partial charge in [0.2, 0.25) is 0 Å². The van der Waals surface area contributed by atoms with Gasteiger partial charge in [-0.25, -0.2) is 4.98 Å².